The molecule has 1 unspecified atom stereocenters. The maximum atomic E-state index is 12.2. The third-order valence-electron chi connectivity index (χ3n) is 3.78. The number of nitrogens with one attached hydrogen (secondary N) is 1. The molecule has 0 aliphatic carbocycles. The molecule has 0 saturated carbocycles. The van der Waals surface area contributed by atoms with Gasteiger partial charge in [0.25, 0.3) is 0 Å². The second kappa shape index (κ2) is 8.79. The van der Waals surface area contributed by atoms with Crippen molar-refractivity contribution >= 4 is 12.0 Å². The lowest BCUT2D eigenvalue weighted by Gasteiger charge is -2.26. The van der Waals surface area contributed by atoms with Gasteiger partial charge >= 0.3 is 12.0 Å². The fourth-order valence-corrected chi connectivity index (χ4v) is 2.63. The van der Waals surface area contributed by atoms with Crippen LogP contribution in [0.1, 0.15) is 51.9 Å². The van der Waals surface area contributed by atoms with Crippen molar-refractivity contribution in [2.75, 3.05) is 13.2 Å². The molecule has 1 heterocycles. The quantitative estimate of drug-likeness (QED) is 0.632. The fraction of sp³-hybridized carbons (Fsp3) is 0.857. The number of hydrogen-bond acceptors (Lipinski definition) is 3. The van der Waals surface area contributed by atoms with E-state index in [0.29, 0.717) is 19.4 Å². The van der Waals surface area contributed by atoms with Gasteiger partial charge in [-0.3, -0.25) is 0 Å². The van der Waals surface area contributed by atoms with Crippen LogP contribution in [0.3, 0.4) is 0 Å². The Kier molecular flexibility index (Phi) is 7.36. The summed E-state index contributed by atoms with van der Waals surface area (Å²) >= 11 is 0. The van der Waals surface area contributed by atoms with Gasteiger partial charge in [0.2, 0.25) is 0 Å². The standard InChI is InChI=1S/C14H26N2O4/c1-2-3-8-12(13(18)19)15-14(20)16-9-4-6-11(16)7-5-10-17/h11-12,17H,2-10H2,1H3,(H,15,20)(H,18,19)/t11?,12-/m0/s1. The number of urea groups is 1. The van der Waals surface area contributed by atoms with Crippen LogP contribution in [0.25, 0.3) is 0 Å². The summed E-state index contributed by atoms with van der Waals surface area (Å²) in [6.07, 6.45) is 5.47. The lowest BCUT2D eigenvalue weighted by Crippen LogP contribution is -2.49. The SMILES string of the molecule is CCCC[C@H](NC(=O)N1CCCC1CCCO)C(=O)O. The van der Waals surface area contributed by atoms with E-state index in [2.05, 4.69) is 5.32 Å². The lowest BCUT2D eigenvalue weighted by atomic mass is 10.1. The Morgan fingerprint density at radius 1 is 1.40 bits per heavy atom. The highest BCUT2D eigenvalue weighted by atomic mass is 16.4. The molecule has 0 aromatic heterocycles. The number of amides is 2. The number of carbonyl (C=O) groups excluding carboxylic acids is 1. The number of likely N-dealkylation sites (tertiary alicyclic amines) is 1. The van der Waals surface area contributed by atoms with Gasteiger partial charge in [0, 0.05) is 19.2 Å². The molecule has 0 aromatic rings. The first-order valence-corrected chi connectivity index (χ1v) is 7.51. The van der Waals surface area contributed by atoms with E-state index >= 15 is 0 Å². The average molecular weight is 286 g/mol. The molecule has 20 heavy (non-hydrogen) atoms. The molecule has 3 N–H and O–H groups in total. The van der Waals surface area contributed by atoms with Crippen LogP contribution in [0, 0.1) is 0 Å². The van der Waals surface area contributed by atoms with Gasteiger partial charge in [0.05, 0.1) is 0 Å². The number of carbonyl (C=O) groups is 2. The van der Waals surface area contributed by atoms with E-state index < -0.39 is 12.0 Å². The summed E-state index contributed by atoms with van der Waals surface area (Å²) in [6, 6.07) is -0.960. The van der Waals surface area contributed by atoms with Crippen LogP contribution in [0.4, 0.5) is 4.79 Å². The van der Waals surface area contributed by atoms with Gasteiger partial charge < -0.3 is 20.4 Å². The van der Waals surface area contributed by atoms with Gasteiger partial charge in [-0.15, -0.1) is 0 Å². The lowest BCUT2D eigenvalue weighted by molar-refractivity contribution is -0.139. The maximum Gasteiger partial charge on any atom is 0.326 e. The van der Waals surface area contributed by atoms with Crippen molar-refractivity contribution in [1.82, 2.24) is 10.2 Å². The van der Waals surface area contributed by atoms with Crippen molar-refractivity contribution in [3.8, 4) is 0 Å². The van der Waals surface area contributed by atoms with Crippen molar-refractivity contribution < 1.29 is 19.8 Å². The monoisotopic (exact) mass is 286 g/mol. The van der Waals surface area contributed by atoms with Crippen LogP contribution in [-0.2, 0) is 4.79 Å². The minimum absolute atomic E-state index is 0.125. The molecule has 0 aromatic carbocycles. The van der Waals surface area contributed by atoms with E-state index in [1.165, 1.54) is 0 Å². The van der Waals surface area contributed by atoms with Crippen molar-refractivity contribution in [3.05, 3.63) is 0 Å². The maximum absolute atomic E-state index is 12.2. The summed E-state index contributed by atoms with van der Waals surface area (Å²) in [5.74, 6) is -0.974. The predicted octanol–water partition coefficient (Wildman–Crippen LogP) is 1.58. The first kappa shape index (κ1) is 16.8. The summed E-state index contributed by atoms with van der Waals surface area (Å²) in [4.78, 5) is 25.0. The smallest absolute Gasteiger partial charge is 0.326 e. The van der Waals surface area contributed by atoms with Crippen LogP contribution >= 0.6 is 0 Å². The summed E-state index contributed by atoms with van der Waals surface area (Å²) in [5, 5.41) is 20.6. The minimum atomic E-state index is -0.974. The first-order valence-electron chi connectivity index (χ1n) is 7.51. The van der Waals surface area contributed by atoms with Crippen LogP contribution < -0.4 is 5.32 Å². The molecule has 0 spiro atoms. The van der Waals surface area contributed by atoms with Crippen LogP contribution in [0.5, 0.6) is 0 Å². The van der Waals surface area contributed by atoms with E-state index in [0.717, 1.165) is 32.1 Å². The summed E-state index contributed by atoms with van der Waals surface area (Å²) in [7, 11) is 0. The number of aliphatic carboxylic acids is 1. The zero-order valence-electron chi connectivity index (χ0n) is 12.2. The highest BCUT2D eigenvalue weighted by Crippen LogP contribution is 2.21. The molecule has 0 bridgehead atoms. The van der Waals surface area contributed by atoms with Gasteiger partial charge in [-0.05, 0) is 32.1 Å². The number of carboxylic acid groups (broad SMARTS) is 1. The molecule has 6 heteroatoms. The zero-order chi connectivity index (χ0) is 15.0. The van der Waals surface area contributed by atoms with Gasteiger partial charge in [0.15, 0.2) is 0 Å². The molecule has 2 atom stereocenters. The molecule has 1 aliphatic rings. The topological polar surface area (TPSA) is 89.9 Å². The van der Waals surface area contributed by atoms with E-state index in [4.69, 9.17) is 10.2 Å². The number of aliphatic hydroxyl groups is 1. The number of nitrogens with zero attached hydrogens (tertiary/aromatic N) is 1. The second-order valence-electron chi connectivity index (χ2n) is 5.34. The molecule has 1 rings (SSSR count). The molecule has 6 nitrogen and oxygen atoms in total. The number of carboxylic acids is 1. The first-order chi connectivity index (χ1) is 9.60. The Labute approximate surface area is 120 Å². The van der Waals surface area contributed by atoms with Gasteiger partial charge in [-0.2, -0.15) is 0 Å². The minimum Gasteiger partial charge on any atom is -0.480 e. The summed E-state index contributed by atoms with van der Waals surface area (Å²) in [5.41, 5.74) is 0. The van der Waals surface area contributed by atoms with Gasteiger partial charge in [-0.25, -0.2) is 9.59 Å². The van der Waals surface area contributed by atoms with E-state index in [1.54, 1.807) is 4.90 Å². The van der Waals surface area contributed by atoms with Crippen LogP contribution in [0.15, 0.2) is 0 Å². The van der Waals surface area contributed by atoms with Crippen molar-refractivity contribution in [2.24, 2.45) is 0 Å². The number of hydrogen-bond donors (Lipinski definition) is 3. The van der Waals surface area contributed by atoms with Crippen LogP contribution in [0.2, 0.25) is 0 Å². The second-order valence-corrected chi connectivity index (χ2v) is 5.34. The normalized spacial score (nSPS) is 19.9. The molecule has 1 aliphatic heterocycles. The number of rotatable bonds is 8. The highest BCUT2D eigenvalue weighted by molar-refractivity contribution is 5.82. The largest absolute Gasteiger partial charge is 0.480 e. The van der Waals surface area contributed by atoms with Gasteiger partial charge in [0.1, 0.15) is 6.04 Å². The Hall–Kier alpha value is -1.30. The Morgan fingerprint density at radius 3 is 2.75 bits per heavy atom. The molecule has 0 radical (unpaired) electrons. The van der Waals surface area contributed by atoms with E-state index in [1.807, 2.05) is 6.92 Å². The van der Waals surface area contributed by atoms with E-state index in [-0.39, 0.29) is 18.7 Å². The summed E-state index contributed by atoms with van der Waals surface area (Å²) in [6.45, 7) is 2.79. The third-order valence-corrected chi connectivity index (χ3v) is 3.78. The molecule has 116 valence electrons. The summed E-state index contributed by atoms with van der Waals surface area (Å²) < 4.78 is 0. The molecule has 1 saturated heterocycles. The number of aliphatic hydroxyl groups excluding tert-OH is 1. The third kappa shape index (κ3) is 5.00. The zero-order valence-corrected chi connectivity index (χ0v) is 12.2. The van der Waals surface area contributed by atoms with Crippen LogP contribution in [-0.4, -0.2) is 52.3 Å². The van der Waals surface area contributed by atoms with E-state index in [9.17, 15) is 9.59 Å². The highest BCUT2D eigenvalue weighted by Gasteiger charge is 2.30. The fourth-order valence-electron chi connectivity index (χ4n) is 2.63. The molecular weight excluding hydrogens is 260 g/mol. The Balaban J connectivity index is 2.51. The molecule has 1 fully saturated rings. The van der Waals surface area contributed by atoms with Crippen molar-refractivity contribution in [2.45, 2.75) is 64.0 Å². The van der Waals surface area contributed by atoms with Crippen molar-refractivity contribution in [3.63, 3.8) is 0 Å². The Bertz CT molecular complexity index is 322. The Morgan fingerprint density at radius 2 is 2.15 bits per heavy atom. The molecule has 2 amide bonds. The number of unbranched alkanes of at least 4 members (excludes halogenated alkanes) is 1. The molecular formula is C14H26N2O4. The predicted molar refractivity (Wildman–Crippen MR) is 75.5 cm³/mol. The van der Waals surface area contributed by atoms with Crippen molar-refractivity contribution in [1.29, 1.82) is 0 Å². The average Bonchev–Trinajstić information content (AvgIpc) is 2.89. The van der Waals surface area contributed by atoms with Gasteiger partial charge in [-0.1, -0.05) is 19.8 Å².